The number of nitrogens with zero attached hydrogens (tertiary/aromatic N) is 2. The van der Waals surface area contributed by atoms with Gasteiger partial charge in [0.1, 0.15) is 0 Å². The molecule has 2 heterocycles. The van der Waals surface area contributed by atoms with Crippen molar-refractivity contribution in [3.8, 4) is 11.3 Å². The van der Waals surface area contributed by atoms with Crippen LogP contribution in [0, 0.1) is 13.8 Å². The van der Waals surface area contributed by atoms with Gasteiger partial charge in [-0.15, -0.1) is 0 Å². The molecular formula is C23H18ClF3N2. The fourth-order valence-corrected chi connectivity index (χ4v) is 3.57. The van der Waals surface area contributed by atoms with Gasteiger partial charge < -0.3 is 4.40 Å². The standard InChI is InChI=1S/C23H18ClF3N2/c1-14-3-7-16(8-4-14)11-20-21(17-9-5-15(2)6-10-17)28-22-19(24)12-18(13-29(20)22)23(25,26)27/h3-10,12-13H,11H2,1-2H3. The molecule has 0 bridgehead atoms. The lowest BCUT2D eigenvalue weighted by Crippen LogP contribution is -2.08. The van der Waals surface area contributed by atoms with E-state index in [0.717, 1.165) is 34.5 Å². The molecule has 2 aromatic carbocycles. The number of imidazole rings is 1. The summed E-state index contributed by atoms with van der Waals surface area (Å²) in [7, 11) is 0. The SMILES string of the molecule is Cc1ccc(Cc2c(-c3ccc(C)cc3)nc3c(Cl)cc(C(F)(F)F)cn23)cc1. The second kappa shape index (κ2) is 7.23. The Labute approximate surface area is 171 Å². The van der Waals surface area contributed by atoms with Crippen LogP contribution in [0.25, 0.3) is 16.9 Å². The van der Waals surface area contributed by atoms with Crippen molar-refractivity contribution in [1.82, 2.24) is 9.38 Å². The maximum absolute atomic E-state index is 13.4. The summed E-state index contributed by atoms with van der Waals surface area (Å²) in [5.74, 6) is 0. The lowest BCUT2D eigenvalue weighted by Gasteiger charge is -2.11. The number of aryl methyl sites for hydroxylation is 2. The van der Waals surface area contributed by atoms with Crippen molar-refractivity contribution in [2.45, 2.75) is 26.4 Å². The van der Waals surface area contributed by atoms with E-state index < -0.39 is 11.7 Å². The van der Waals surface area contributed by atoms with Crippen LogP contribution in [0.3, 0.4) is 0 Å². The predicted molar refractivity (Wildman–Crippen MR) is 109 cm³/mol. The van der Waals surface area contributed by atoms with Crippen molar-refractivity contribution in [3.63, 3.8) is 0 Å². The number of benzene rings is 2. The fraction of sp³-hybridized carbons (Fsp3) is 0.174. The highest BCUT2D eigenvalue weighted by atomic mass is 35.5. The molecule has 0 N–H and O–H groups in total. The minimum absolute atomic E-state index is 0.0247. The molecule has 2 aromatic heterocycles. The maximum Gasteiger partial charge on any atom is 0.417 e. The van der Waals surface area contributed by atoms with Gasteiger partial charge in [0.2, 0.25) is 0 Å². The van der Waals surface area contributed by atoms with Crippen molar-refractivity contribution in [3.05, 3.63) is 93.8 Å². The Kier molecular flexibility index (Phi) is 4.87. The zero-order chi connectivity index (χ0) is 20.8. The Hall–Kier alpha value is -2.79. The molecule has 0 aliphatic carbocycles. The molecule has 0 saturated heterocycles. The van der Waals surface area contributed by atoms with Gasteiger partial charge in [0, 0.05) is 18.2 Å². The molecule has 0 aliphatic heterocycles. The summed E-state index contributed by atoms with van der Waals surface area (Å²) >= 11 is 6.21. The molecule has 148 valence electrons. The van der Waals surface area contributed by atoms with E-state index in [9.17, 15) is 13.2 Å². The molecule has 29 heavy (non-hydrogen) atoms. The van der Waals surface area contributed by atoms with Crippen LogP contribution in [0.2, 0.25) is 5.02 Å². The molecule has 4 aromatic rings. The Bertz CT molecular complexity index is 1170. The van der Waals surface area contributed by atoms with Gasteiger partial charge in [-0.25, -0.2) is 4.98 Å². The van der Waals surface area contributed by atoms with Gasteiger partial charge in [-0.3, -0.25) is 0 Å². The van der Waals surface area contributed by atoms with Crippen molar-refractivity contribution >= 4 is 17.2 Å². The fourth-order valence-electron chi connectivity index (χ4n) is 3.32. The van der Waals surface area contributed by atoms with Gasteiger partial charge in [0.25, 0.3) is 0 Å². The first-order chi connectivity index (χ1) is 13.7. The van der Waals surface area contributed by atoms with Crippen molar-refractivity contribution in [1.29, 1.82) is 0 Å². The number of aromatic nitrogens is 2. The Morgan fingerprint density at radius 2 is 1.52 bits per heavy atom. The lowest BCUT2D eigenvalue weighted by molar-refractivity contribution is -0.137. The van der Waals surface area contributed by atoms with E-state index >= 15 is 0 Å². The van der Waals surface area contributed by atoms with Crippen LogP contribution in [0.1, 0.15) is 27.9 Å². The number of hydrogen-bond donors (Lipinski definition) is 0. The molecule has 2 nitrogen and oxygen atoms in total. The number of pyridine rings is 1. The zero-order valence-corrected chi connectivity index (χ0v) is 16.6. The smallest absolute Gasteiger partial charge is 0.301 e. The summed E-state index contributed by atoms with van der Waals surface area (Å²) < 4.78 is 41.6. The Balaban J connectivity index is 1.96. The predicted octanol–water partition coefficient (Wildman–Crippen LogP) is 6.88. The third-order valence-corrected chi connectivity index (χ3v) is 5.20. The summed E-state index contributed by atoms with van der Waals surface area (Å²) in [6, 6.07) is 16.6. The quantitative estimate of drug-likeness (QED) is 0.357. The van der Waals surface area contributed by atoms with Crippen LogP contribution in [0.4, 0.5) is 13.2 Å². The first-order valence-electron chi connectivity index (χ1n) is 9.12. The number of fused-ring (bicyclic) bond motifs is 1. The molecule has 0 spiro atoms. The van der Waals surface area contributed by atoms with Gasteiger partial charge in [0.15, 0.2) is 5.65 Å². The van der Waals surface area contributed by atoms with Crippen LogP contribution in [0.5, 0.6) is 0 Å². The van der Waals surface area contributed by atoms with Gasteiger partial charge in [-0.2, -0.15) is 13.2 Å². The average Bonchev–Trinajstić information content (AvgIpc) is 3.03. The number of alkyl halides is 3. The van der Waals surface area contributed by atoms with E-state index in [1.54, 1.807) is 0 Å². The number of halogens is 4. The highest BCUT2D eigenvalue weighted by Crippen LogP contribution is 2.35. The van der Waals surface area contributed by atoms with Gasteiger partial charge in [-0.05, 0) is 25.5 Å². The highest BCUT2D eigenvalue weighted by molar-refractivity contribution is 6.33. The second-order valence-electron chi connectivity index (χ2n) is 7.20. The number of hydrogen-bond acceptors (Lipinski definition) is 1. The maximum atomic E-state index is 13.4. The highest BCUT2D eigenvalue weighted by Gasteiger charge is 2.32. The normalized spacial score (nSPS) is 11.9. The largest absolute Gasteiger partial charge is 0.417 e. The molecule has 0 radical (unpaired) electrons. The molecule has 4 rings (SSSR count). The van der Waals surface area contributed by atoms with E-state index in [0.29, 0.717) is 23.5 Å². The summed E-state index contributed by atoms with van der Waals surface area (Å²) in [5.41, 5.74) is 4.85. The van der Waals surface area contributed by atoms with Crippen LogP contribution < -0.4 is 0 Å². The first-order valence-corrected chi connectivity index (χ1v) is 9.50. The summed E-state index contributed by atoms with van der Waals surface area (Å²) in [4.78, 5) is 4.61. The minimum atomic E-state index is -4.49. The zero-order valence-electron chi connectivity index (χ0n) is 15.9. The topological polar surface area (TPSA) is 17.3 Å². The Morgan fingerprint density at radius 1 is 0.931 bits per heavy atom. The molecule has 0 saturated carbocycles. The third-order valence-electron chi connectivity index (χ3n) is 4.92. The van der Waals surface area contributed by atoms with E-state index in [1.165, 1.54) is 4.40 Å². The molecule has 0 atom stereocenters. The monoisotopic (exact) mass is 414 g/mol. The third kappa shape index (κ3) is 3.87. The molecular weight excluding hydrogens is 397 g/mol. The van der Waals surface area contributed by atoms with Crippen molar-refractivity contribution in [2.75, 3.05) is 0 Å². The molecule has 0 fully saturated rings. The van der Waals surface area contributed by atoms with Crippen LogP contribution in [-0.4, -0.2) is 9.38 Å². The van der Waals surface area contributed by atoms with E-state index in [2.05, 4.69) is 4.98 Å². The van der Waals surface area contributed by atoms with Crippen molar-refractivity contribution < 1.29 is 13.2 Å². The van der Waals surface area contributed by atoms with Gasteiger partial charge in [-0.1, -0.05) is 71.3 Å². The molecule has 6 heteroatoms. The van der Waals surface area contributed by atoms with Crippen LogP contribution in [0.15, 0.2) is 60.8 Å². The molecule has 0 amide bonds. The average molecular weight is 415 g/mol. The summed E-state index contributed by atoms with van der Waals surface area (Å²) in [6.07, 6.45) is -2.98. The van der Waals surface area contributed by atoms with E-state index in [4.69, 9.17) is 11.6 Å². The van der Waals surface area contributed by atoms with E-state index in [1.807, 2.05) is 62.4 Å². The Morgan fingerprint density at radius 3 is 2.10 bits per heavy atom. The van der Waals surface area contributed by atoms with Gasteiger partial charge >= 0.3 is 6.18 Å². The van der Waals surface area contributed by atoms with Crippen LogP contribution >= 0.6 is 11.6 Å². The van der Waals surface area contributed by atoms with Crippen molar-refractivity contribution in [2.24, 2.45) is 0 Å². The summed E-state index contributed by atoms with van der Waals surface area (Å²) in [5, 5.41) is -0.0247. The first kappa shape index (κ1) is 19.5. The molecule has 0 unspecified atom stereocenters. The second-order valence-corrected chi connectivity index (χ2v) is 7.61. The summed E-state index contributed by atoms with van der Waals surface area (Å²) in [6.45, 7) is 3.97. The lowest BCUT2D eigenvalue weighted by atomic mass is 10.0. The van der Waals surface area contributed by atoms with E-state index in [-0.39, 0.29) is 5.02 Å². The number of rotatable bonds is 3. The molecule has 0 aliphatic rings. The van der Waals surface area contributed by atoms with Gasteiger partial charge in [0.05, 0.1) is 22.0 Å². The van der Waals surface area contributed by atoms with Crippen LogP contribution in [-0.2, 0) is 12.6 Å². The minimum Gasteiger partial charge on any atom is -0.301 e.